The van der Waals surface area contributed by atoms with Gasteiger partial charge in [0, 0.05) is 12.5 Å². The lowest BCUT2D eigenvalue weighted by Crippen LogP contribution is -2.40. The number of rotatable bonds is 3. The van der Waals surface area contributed by atoms with E-state index >= 15 is 0 Å². The number of fused-ring (bicyclic) bond motifs is 5. The summed E-state index contributed by atoms with van der Waals surface area (Å²) in [5.74, 6) is 3.24. The minimum absolute atomic E-state index is 0.299. The van der Waals surface area contributed by atoms with Crippen LogP contribution in [0.15, 0.2) is 36.5 Å². The first-order chi connectivity index (χ1) is 12.8. The molecule has 2 aromatic carbocycles. The molecule has 0 spiro atoms. The molecule has 0 bridgehead atoms. The van der Waals surface area contributed by atoms with E-state index < -0.39 is 0 Å². The Morgan fingerprint density at radius 3 is 2.77 bits per heavy atom. The molecule has 26 heavy (non-hydrogen) atoms. The fourth-order valence-electron chi connectivity index (χ4n) is 3.88. The Bertz CT molecular complexity index is 1030. The van der Waals surface area contributed by atoms with Crippen molar-refractivity contribution in [2.45, 2.75) is 19.9 Å². The van der Waals surface area contributed by atoms with Crippen LogP contribution in [-0.4, -0.2) is 20.5 Å². The normalized spacial score (nSPS) is 14.1. The molecule has 132 valence electrons. The van der Waals surface area contributed by atoms with Crippen LogP contribution in [-0.2, 0) is 13.0 Å². The molecule has 5 nitrogen and oxygen atoms in total. The maximum atomic E-state index is 5.72. The second kappa shape index (κ2) is 5.80. The predicted octanol–water partition coefficient (Wildman–Crippen LogP) is 3.49. The van der Waals surface area contributed by atoms with Gasteiger partial charge < -0.3 is 18.9 Å². The fourth-order valence-corrected chi connectivity index (χ4v) is 3.88. The van der Waals surface area contributed by atoms with Gasteiger partial charge in [0.05, 0.1) is 24.7 Å². The molecule has 0 amide bonds. The molecule has 1 aromatic heterocycles. The molecular weight excluding hydrogens is 330 g/mol. The summed E-state index contributed by atoms with van der Waals surface area (Å²) in [5.41, 5.74) is 3.69. The quantitative estimate of drug-likeness (QED) is 0.678. The summed E-state index contributed by atoms with van der Waals surface area (Å²) in [6.45, 7) is 3.81. The molecule has 0 saturated heterocycles. The summed E-state index contributed by atoms with van der Waals surface area (Å²) in [4.78, 5) is 0. The van der Waals surface area contributed by atoms with Gasteiger partial charge in [0.2, 0.25) is 12.5 Å². The molecule has 0 fully saturated rings. The van der Waals surface area contributed by atoms with E-state index in [1.165, 1.54) is 16.8 Å². The zero-order valence-electron chi connectivity index (χ0n) is 14.9. The minimum Gasteiger partial charge on any atom is -0.492 e. The number of hydrogen-bond acceptors (Lipinski definition) is 4. The average Bonchev–Trinajstić information content (AvgIpc) is 3.12. The van der Waals surface area contributed by atoms with Gasteiger partial charge in [-0.15, -0.1) is 0 Å². The van der Waals surface area contributed by atoms with Crippen molar-refractivity contribution in [2.75, 3.05) is 20.5 Å². The highest BCUT2D eigenvalue weighted by molar-refractivity contribution is 5.91. The molecule has 5 heteroatoms. The van der Waals surface area contributed by atoms with Crippen molar-refractivity contribution in [3.63, 3.8) is 0 Å². The molecule has 2 aliphatic heterocycles. The predicted molar refractivity (Wildman–Crippen MR) is 97.1 cm³/mol. The van der Waals surface area contributed by atoms with E-state index in [1.54, 1.807) is 7.11 Å². The summed E-state index contributed by atoms with van der Waals surface area (Å²) in [6.07, 6.45) is 3.13. The molecule has 0 unspecified atom stereocenters. The fraction of sp³-hybridized carbons (Fsp3) is 0.286. The molecule has 0 saturated carbocycles. The van der Waals surface area contributed by atoms with Crippen LogP contribution in [0.25, 0.3) is 22.0 Å². The number of aromatic nitrogens is 1. The number of benzene rings is 2. The lowest BCUT2D eigenvalue weighted by Gasteiger charge is -2.17. The zero-order valence-corrected chi connectivity index (χ0v) is 14.9. The van der Waals surface area contributed by atoms with E-state index in [9.17, 15) is 0 Å². The number of hydrogen-bond donors (Lipinski definition) is 0. The molecule has 0 aliphatic carbocycles. The summed E-state index contributed by atoms with van der Waals surface area (Å²) in [7, 11) is 1.69. The molecule has 2 aliphatic rings. The van der Waals surface area contributed by atoms with E-state index in [2.05, 4.69) is 35.0 Å². The molecule has 0 N–H and O–H groups in total. The van der Waals surface area contributed by atoms with Crippen LogP contribution in [0.3, 0.4) is 0 Å². The highest BCUT2D eigenvalue weighted by Gasteiger charge is 2.28. The lowest BCUT2D eigenvalue weighted by molar-refractivity contribution is -0.686. The van der Waals surface area contributed by atoms with Crippen LogP contribution in [0.2, 0.25) is 0 Å². The third kappa shape index (κ3) is 2.20. The number of nitrogens with zero attached hydrogens (tertiary/aromatic N) is 1. The third-order valence-electron chi connectivity index (χ3n) is 5.08. The first kappa shape index (κ1) is 15.3. The van der Waals surface area contributed by atoms with Crippen LogP contribution in [0, 0.1) is 0 Å². The topological polar surface area (TPSA) is 40.8 Å². The third-order valence-corrected chi connectivity index (χ3v) is 5.08. The van der Waals surface area contributed by atoms with Crippen molar-refractivity contribution in [3.05, 3.63) is 42.1 Å². The van der Waals surface area contributed by atoms with Gasteiger partial charge in [-0.05, 0) is 42.1 Å². The number of ether oxygens (including phenoxy) is 4. The first-order valence-electron chi connectivity index (χ1n) is 8.88. The van der Waals surface area contributed by atoms with Crippen LogP contribution >= 0.6 is 0 Å². The Kier molecular flexibility index (Phi) is 3.42. The van der Waals surface area contributed by atoms with Gasteiger partial charge in [-0.25, -0.2) is 0 Å². The Hall–Kier alpha value is -2.95. The molecule has 0 radical (unpaired) electrons. The van der Waals surface area contributed by atoms with E-state index in [0.29, 0.717) is 13.4 Å². The van der Waals surface area contributed by atoms with Crippen molar-refractivity contribution >= 4 is 10.8 Å². The van der Waals surface area contributed by atoms with Gasteiger partial charge in [0.25, 0.3) is 0 Å². The van der Waals surface area contributed by atoms with Gasteiger partial charge in [0.1, 0.15) is 0 Å². The Morgan fingerprint density at radius 1 is 1.12 bits per heavy atom. The number of methoxy groups -OCH3 is 1. The number of aryl methyl sites for hydroxylation is 2. The second-order valence-corrected chi connectivity index (χ2v) is 6.50. The first-order valence-corrected chi connectivity index (χ1v) is 8.88. The van der Waals surface area contributed by atoms with Crippen LogP contribution in [0.5, 0.6) is 23.0 Å². The lowest BCUT2D eigenvalue weighted by atomic mass is 9.95. The largest absolute Gasteiger partial charge is 0.492 e. The van der Waals surface area contributed by atoms with Crippen molar-refractivity contribution in [2.24, 2.45) is 0 Å². The van der Waals surface area contributed by atoms with E-state index in [4.69, 9.17) is 18.9 Å². The Labute approximate surface area is 151 Å². The van der Waals surface area contributed by atoms with Crippen molar-refractivity contribution in [3.8, 4) is 34.3 Å². The molecule has 0 atom stereocenters. The Balaban J connectivity index is 1.72. The molecule has 3 aromatic rings. The smallest absolute Gasteiger partial charge is 0.231 e. The van der Waals surface area contributed by atoms with Gasteiger partial charge in [0.15, 0.2) is 35.7 Å². The molecule has 5 rings (SSSR count). The highest BCUT2D eigenvalue weighted by atomic mass is 16.7. The SMILES string of the molecule is CCOc1ccc2cc3[n+](cc2c1OC)CCc1cc2c(cc1-3)OCO2. The van der Waals surface area contributed by atoms with Crippen molar-refractivity contribution < 1.29 is 23.5 Å². The number of pyridine rings is 1. The molecular formula is C21H20NO4+. The van der Waals surface area contributed by atoms with Crippen LogP contribution in [0.1, 0.15) is 12.5 Å². The van der Waals surface area contributed by atoms with Gasteiger partial charge >= 0.3 is 0 Å². The van der Waals surface area contributed by atoms with E-state index in [-0.39, 0.29) is 0 Å². The monoisotopic (exact) mass is 350 g/mol. The van der Waals surface area contributed by atoms with E-state index in [1.807, 2.05) is 13.0 Å². The molecule has 3 heterocycles. The summed E-state index contributed by atoms with van der Waals surface area (Å²) >= 11 is 0. The minimum atomic E-state index is 0.299. The van der Waals surface area contributed by atoms with Crippen LogP contribution < -0.4 is 23.5 Å². The highest BCUT2D eigenvalue weighted by Crippen LogP contribution is 2.41. The standard InChI is InChI=1S/C21H20NO4/c1-3-24-18-5-4-13-8-17-15-10-20-19(25-12-26-20)9-14(15)6-7-22(17)11-16(13)21(18)23-2/h4-5,8-11H,3,6-7,12H2,1-2H3/q+1. The summed E-state index contributed by atoms with van der Waals surface area (Å²) in [6, 6.07) is 10.5. The summed E-state index contributed by atoms with van der Waals surface area (Å²) < 4.78 is 24.8. The Morgan fingerprint density at radius 2 is 1.96 bits per heavy atom. The van der Waals surface area contributed by atoms with Crippen molar-refractivity contribution in [1.29, 1.82) is 0 Å². The zero-order chi connectivity index (χ0) is 17.7. The van der Waals surface area contributed by atoms with Crippen molar-refractivity contribution in [1.82, 2.24) is 0 Å². The van der Waals surface area contributed by atoms with Gasteiger partial charge in [-0.1, -0.05) is 0 Å². The maximum Gasteiger partial charge on any atom is 0.231 e. The summed E-state index contributed by atoms with van der Waals surface area (Å²) in [5, 5.41) is 2.19. The van der Waals surface area contributed by atoms with Crippen LogP contribution in [0.4, 0.5) is 0 Å². The van der Waals surface area contributed by atoms with Gasteiger partial charge in [-0.3, -0.25) is 0 Å². The average molecular weight is 350 g/mol. The second-order valence-electron chi connectivity index (χ2n) is 6.50. The maximum absolute atomic E-state index is 5.72. The van der Waals surface area contributed by atoms with Gasteiger partial charge in [-0.2, -0.15) is 4.57 Å². The van der Waals surface area contributed by atoms with E-state index in [0.717, 1.165) is 46.7 Å².